The van der Waals surface area contributed by atoms with Gasteiger partial charge in [-0.15, -0.1) is 0 Å². The van der Waals surface area contributed by atoms with E-state index in [2.05, 4.69) is 21.0 Å². The van der Waals surface area contributed by atoms with E-state index in [1.165, 1.54) is 6.07 Å². The van der Waals surface area contributed by atoms with Crippen LogP contribution in [0, 0.1) is 0 Å². The molecule has 3 rings (SSSR count). The van der Waals surface area contributed by atoms with Gasteiger partial charge in [0.1, 0.15) is 0 Å². The Morgan fingerprint density at radius 1 is 1.30 bits per heavy atom. The first kappa shape index (κ1) is 19.5. The Morgan fingerprint density at radius 2 is 2.00 bits per heavy atom. The molecule has 0 saturated carbocycles. The predicted molar refractivity (Wildman–Crippen MR) is 104 cm³/mol. The smallest absolute Gasteiger partial charge is 0.354 e. The van der Waals surface area contributed by atoms with Crippen molar-refractivity contribution in [2.75, 3.05) is 6.61 Å². The summed E-state index contributed by atoms with van der Waals surface area (Å²) < 4.78 is 5.79. The van der Waals surface area contributed by atoms with Gasteiger partial charge in [-0.2, -0.15) is 10.1 Å². The topological polar surface area (TPSA) is 79.2 Å². The SMILES string of the molecule is CCOC(=O)C1=NN(C(=O)c2cccc(Cl)c2)[C@](O)(c2ccc(Br)cc2)C1. The summed E-state index contributed by atoms with van der Waals surface area (Å²) >= 11 is 9.31. The number of amides is 1. The van der Waals surface area contributed by atoms with Crippen molar-refractivity contribution in [3.8, 4) is 0 Å². The van der Waals surface area contributed by atoms with Gasteiger partial charge in [0.15, 0.2) is 11.4 Å². The lowest BCUT2D eigenvalue weighted by Gasteiger charge is -2.31. The van der Waals surface area contributed by atoms with Crippen LogP contribution in [0.15, 0.2) is 58.1 Å². The number of halogens is 2. The van der Waals surface area contributed by atoms with Crippen molar-refractivity contribution in [3.05, 3.63) is 69.2 Å². The number of esters is 1. The molecule has 1 amide bonds. The number of aliphatic hydroxyl groups is 1. The Morgan fingerprint density at radius 3 is 2.63 bits per heavy atom. The van der Waals surface area contributed by atoms with E-state index >= 15 is 0 Å². The van der Waals surface area contributed by atoms with Gasteiger partial charge in [0.05, 0.1) is 13.0 Å². The molecule has 6 nitrogen and oxygen atoms in total. The van der Waals surface area contributed by atoms with Crippen LogP contribution in [0.3, 0.4) is 0 Å². The number of hydrogen-bond donors (Lipinski definition) is 1. The van der Waals surface area contributed by atoms with Crippen molar-refractivity contribution in [1.82, 2.24) is 5.01 Å². The molecule has 0 aromatic heterocycles. The summed E-state index contributed by atoms with van der Waals surface area (Å²) in [5.41, 5.74) is -1.18. The van der Waals surface area contributed by atoms with Crippen LogP contribution >= 0.6 is 27.5 Å². The highest BCUT2D eigenvalue weighted by Crippen LogP contribution is 2.37. The third-order valence-corrected chi connectivity index (χ3v) is 4.83. The molecule has 0 aliphatic carbocycles. The Bertz CT molecular complexity index is 916. The number of rotatable bonds is 4. The molecule has 2 aromatic carbocycles. The van der Waals surface area contributed by atoms with E-state index < -0.39 is 17.6 Å². The molecular weight excluding hydrogens is 436 g/mol. The van der Waals surface area contributed by atoms with Crippen LogP contribution in [-0.2, 0) is 15.3 Å². The third-order valence-electron chi connectivity index (χ3n) is 4.07. The fraction of sp³-hybridized carbons (Fsp3) is 0.211. The first-order valence-corrected chi connectivity index (χ1v) is 9.35. The lowest BCUT2D eigenvalue weighted by molar-refractivity contribution is -0.135. The maximum Gasteiger partial charge on any atom is 0.354 e. The van der Waals surface area contributed by atoms with E-state index in [4.69, 9.17) is 16.3 Å². The number of carbonyl (C=O) groups excluding carboxylic acids is 2. The van der Waals surface area contributed by atoms with Gasteiger partial charge in [0.2, 0.25) is 0 Å². The number of benzene rings is 2. The summed E-state index contributed by atoms with van der Waals surface area (Å²) in [6, 6.07) is 13.1. The molecule has 1 N–H and O–H groups in total. The molecule has 0 unspecified atom stereocenters. The van der Waals surface area contributed by atoms with Crippen LogP contribution in [-0.4, -0.2) is 34.3 Å². The molecular formula is C19H16BrClN2O4. The molecule has 0 spiro atoms. The molecule has 2 aromatic rings. The molecule has 1 heterocycles. The van der Waals surface area contributed by atoms with Crippen LogP contribution < -0.4 is 0 Å². The molecule has 8 heteroatoms. The Labute approximate surface area is 169 Å². The van der Waals surface area contributed by atoms with Crippen LogP contribution in [0.1, 0.15) is 29.3 Å². The van der Waals surface area contributed by atoms with Crippen LogP contribution in [0.25, 0.3) is 0 Å². The monoisotopic (exact) mass is 450 g/mol. The highest BCUT2D eigenvalue weighted by Gasteiger charge is 2.48. The van der Waals surface area contributed by atoms with Crippen LogP contribution in [0.4, 0.5) is 0 Å². The molecule has 0 saturated heterocycles. The van der Waals surface area contributed by atoms with Gasteiger partial charge in [-0.3, -0.25) is 4.79 Å². The van der Waals surface area contributed by atoms with Gasteiger partial charge in [0, 0.05) is 20.6 Å². The first-order valence-electron chi connectivity index (χ1n) is 8.18. The van der Waals surface area contributed by atoms with Crippen molar-refractivity contribution in [1.29, 1.82) is 0 Å². The summed E-state index contributed by atoms with van der Waals surface area (Å²) in [6.07, 6.45) is -0.181. The van der Waals surface area contributed by atoms with Crippen molar-refractivity contribution in [2.24, 2.45) is 5.10 Å². The highest BCUT2D eigenvalue weighted by molar-refractivity contribution is 9.10. The minimum Gasteiger partial charge on any atom is -0.461 e. The summed E-state index contributed by atoms with van der Waals surface area (Å²) in [7, 11) is 0. The second-order valence-electron chi connectivity index (χ2n) is 5.89. The minimum atomic E-state index is -1.82. The highest BCUT2D eigenvalue weighted by atomic mass is 79.9. The number of carbonyl (C=O) groups is 2. The standard InChI is InChI=1S/C19H16BrClN2O4/c1-2-27-18(25)16-11-19(26,13-6-8-14(20)9-7-13)23(22-16)17(24)12-4-3-5-15(21)10-12/h3-10,26H,2,11H2,1H3/t19-/m1/s1. The van der Waals surface area contributed by atoms with Crippen LogP contribution in [0.5, 0.6) is 0 Å². The fourth-order valence-electron chi connectivity index (χ4n) is 2.77. The summed E-state index contributed by atoms with van der Waals surface area (Å²) in [5, 5.41) is 16.7. The number of ether oxygens (including phenoxy) is 1. The second-order valence-corrected chi connectivity index (χ2v) is 7.25. The average Bonchev–Trinajstić information content (AvgIpc) is 3.00. The molecule has 1 aliphatic rings. The largest absolute Gasteiger partial charge is 0.461 e. The Hall–Kier alpha value is -2.22. The number of hydrazone groups is 1. The maximum atomic E-state index is 13.0. The van der Waals surface area contributed by atoms with Gasteiger partial charge in [-0.25, -0.2) is 4.79 Å². The zero-order valence-corrected chi connectivity index (χ0v) is 16.7. The molecule has 0 radical (unpaired) electrons. The predicted octanol–water partition coefficient (Wildman–Crippen LogP) is 3.71. The summed E-state index contributed by atoms with van der Waals surface area (Å²) in [6.45, 7) is 1.83. The lowest BCUT2D eigenvalue weighted by atomic mass is 9.97. The van der Waals surface area contributed by atoms with Crippen molar-refractivity contribution < 1.29 is 19.4 Å². The molecule has 140 valence electrons. The van der Waals surface area contributed by atoms with E-state index in [1.54, 1.807) is 49.4 Å². The maximum absolute atomic E-state index is 13.0. The normalized spacial score (nSPS) is 19.0. The van der Waals surface area contributed by atoms with Gasteiger partial charge in [0.25, 0.3) is 5.91 Å². The van der Waals surface area contributed by atoms with E-state index in [1.807, 2.05) is 0 Å². The quantitative estimate of drug-likeness (QED) is 0.719. The van der Waals surface area contributed by atoms with Crippen LogP contribution in [0.2, 0.25) is 5.02 Å². The molecule has 27 heavy (non-hydrogen) atoms. The molecule has 0 fully saturated rings. The van der Waals surface area contributed by atoms with E-state index in [0.29, 0.717) is 10.6 Å². The number of nitrogens with zero attached hydrogens (tertiary/aromatic N) is 2. The zero-order valence-electron chi connectivity index (χ0n) is 14.4. The third kappa shape index (κ3) is 3.90. The number of hydrogen-bond acceptors (Lipinski definition) is 5. The summed E-state index contributed by atoms with van der Waals surface area (Å²) in [4.78, 5) is 25.2. The van der Waals surface area contributed by atoms with Crippen molar-refractivity contribution in [2.45, 2.75) is 19.1 Å². The fourth-order valence-corrected chi connectivity index (χ4v) is 3.23. The Kier molecular flexibility index (Phi) is 5.64. The van der Waals surface area contributed by atoms with Crippen molar-refractivity contribution in [3.63, 3.8) is 0 Å². The van der Waals surface area contributed by atoms with Crippen molar-refractivity contribution >= 4 is 45.1 Å². The molecule has 1 aliphatic heterocycles. The first-order chi connectivity index (χ1) is 12.8. The average molecular weight is 452 g/mol. The van der Waals surface area contributed by atoms with E-state index in [9.17, 15) is 14.7 Å². The van der Waals surface area contributed by atoms with E-state index in [0.717, 1.165) is 9.48 Å². The lowest BCUT2D eigenvalue weighted by Crippen LogP contribution is -2.43. The minimum absolute atomic E-state index is 0.0300. The van der Waals surface area contributed by atoms with Gasteiger partial charge in [-0.1, -0.05) is 45.7 Å². The molecule has 0 bridgehead atoms. The summed E-state index contributed by atoms with van der Waals surface area (Å²) in [5.74, 6) is -1.25. The molecule has 1 atom stereocenters. The van der Waals surface area contributed by atoms with Gasteiger partial charge < -0.3 is 9.84 Å². The Balaban J connectivity index is 2.04. The zero-order chi connectivity index (χ0) is 19.6. The van der Waals surface area contributed by atoms with Gasteiger partial charge >= 0.3 is 5.97 Å². The van der Waals surface area contributed by atoms with E-state index in [-0.39, 0.29) is 24.3 Å². The van der Waals surface area contributed by atoms with Gasteiger partial charge in [-0.05, 0) is 37.3 Å². The second kappa shape index (κ2) is 7.80.